The van der Waals surface area contributed by atoms with Crippen LogP contribution in [0.4, 0.5) is 0 Å². The van der Waals surface area contributed by atoms with E-state index in [2.05, 4.69) is 10.3 Å². The highest BCUT2D eigenvalue weighted by Gasteiger charge is 2.09. The van der Waals surface area contributed by atoms with Crippen LogP contribution in [0.25, 0.3) is 11.3 Å². The van der Waals surface area contributed by atoms with Gasteiger partial charge in [-0.2, -0.15) is 0 Å². The van der Waals surface area contributed by atoms with E-state index in [0.717, 1.165) is 16.8 Å². The highest BCUT2D eigenvalue weighted by atomic mass is 35.5. The maximum Gasteiger partial charge on any atom is 0.141 e. The summed E-state index contributed by atoms with van der Waals surface area (Å²) in [5.74, 6) is 0. The van der Waals surface area contributed by atoms with Gasteiger partial charge in [-0.1, -0.05) is 35.0 Å². The molecule has 0 aliphatic carbocycles. The second-order valence-electron chi connectivity index (χ2n) is 4.11. The molecular weight excluding hydrogens is 266 g/mol. The van der Waals surface area contributed by atoms with Gasteiger partial charge in [0.25, 0.3) is 0 Å². The van der Waals surface area contributed by atoms with Crippen LogP contribution in [-0.4, -0.2) is 35.3 Å². The summed E-state index contributed by atoms with van der Waals surface area (Å²) in [6, 6.07) is 5.84. The maximum atomic E-state index is 6.26. The smallest absolute Gasteiger partial charge is 0.141 e. The van der Waals surface area contributed by atoms with E-state index in [4.69, 9.17) is 21.1 Å². The van der Waals surface area contributed by atoms with Crippen LogP contribution in [0.1, 0.15) is 5.56 Å². The lowest BCUT2D eigenvalue weighted by Crippen LogP contribution is -2.07. The number of methoxy groups -OCH3 is 1. The molecule has 0 amide bonds. The summed E-state index contributed by atoms with van der Waals surface area (Å²) in [7, 11) is 1.64. The number of halogens is 1. The van der Waals surface area contributed by atoms with Crippen molar-refractivity contribution < 1.29 is 9.47 Å². The Morgan fingerprint density at radius 3 is 2.95 bits per heavy atom. The van der Waals surface area contributed by atoms with Crippen LogP contribution in [0.15, 0.2) is 24.4 Å². The summed E-state index contributed by atoms with van der Waals surface area (Å²) in [6.45, 7) is 3.39. The minimum atomic E-state index is 0.347. The average Bonchev–Trinajstić information content (AvgIpc) is 2.87. The van der Waals surface area contributed by atoms with E-state index in [1.54, 1.807) is 11.8 Å². The lowest BCUT2D eigenvalue weighted by Gasteiger charge is -2.03. The van der Waals surface area contributed by atoms with Crippen molar-refractivity contribution in [3.05, 3.63) is 35.0 Å². The first-order valence-electron chi connectivity index (χ1n) is 5.94. The molecule has 0 saturated carbocycles. The van der Waals surface area contributed by atoms with Crippen LogP contribution in [0.2, 0.25) is 5.02 Å². The Bertz CT molecular complexity index is 542. The second-order valence-corrected chi connectivity index (χ2v) is 4.49. The predicted molar refractivity (Wildman–Crippen MR) is 73.0 cm³/mol. The molecule has 102 valence electrons. The highest BCUT2D eigenvalue weighted by Crippen LogP contribution is 2.28. The molecule has 0 atom stereocenters. The summed E-state index contributed by atoms with van der Waals surface area (Å²) in [5.41, 5.74) is 2.64. The molecular formula is C13H16ClN3O2. The van der Waals surface area contributed by atoms with Crippen LogP contribution >= 0.6 is 11.6 Å². The number of rotatable bonds is 6. The lowest BCUT2D eigenvalue weighted by molar-refractivity contribution is 0.0281. The van der Waals surface area contributed by atoms with Crippen molar-refractivity contribution in [3.8, 4) is 11.3 Å². The van der Waals surface area contributed by atoms with Gasteiger partial charge in [-0.25, -0.2) is 4.68 Å². The molecule has 0 saturated heterocycles. The zero-order chi connectivity index (χ0) is 13.7. The van der Waals surface area contributed by atoms with Gasteiger partial charge < -0.3 is 9.47 Å². The molecule has 5 nitrogen and oxygen atoms in total. The fraction of sp³-hybridized carbons (Fsp3) is 0.385. The first kappa shape index (κ1) is 14.0. The first-order valence-corrected chi connectivity index (χ1v) is 6.32. The molecule has 0 aliphatic rings. The number of hydrogen-bond acceptors (Lipinski definition) is 4. The molecule has 1 aromatic carbocycles. The van der Waals surface area contributed by atoms with Gasteiger partial charge in [-0.05, 0) is 12.5 Å². The first-order chi connectivity index (χ1) is 9.22. The number of aromatic nitrogens is 3. The van der Waals surface area contributed by atoms with Gasteiger partial charge in [0.1, 0.15) is 12.4 Å². The number of ether oxygens (including phenoxy) is 2. The third-order valence-corrected chi connectivity index (χ3v) is 3.16. The minimum absolute atomic E-state index is 0.347. The van der Waals surface area contributed by atoms with Crippen molar-refractivity contribution in [2.75, 3.05) is 20.3 Å². The summed E-state index contributed by atoms with van der Waals surface area (Å²) in [5, 5.41) is 8.81. The Kier molecular flexibility index (Phi) is 4.90. The third-order valence-electron chi connectivity index (χ3n) is 2.66. The van der Waals surface area contributed by atoms with E-state index in [-0.39, 0.29) is 0 Å². The Balaban J connectivity index is 2.06. The van der Waals surface area contributed by atoms with E-state index in [9.17, 15) is 0 Å². The molecule has 0 bridgehead atoms. The number of benzene rings is 1. The molecule has 6 heteroatoms. The standard InChI is InChI=1S/C13H16ClN3O2/c1-10-4-3-5-11(13(10)14)12-8-17(16-15-12)9-19-7-6-18-2/h3-5,8H,6-7,9H2,1-2H3. The molecule has 0 spiro atoms. The lowest BCUT2D eigenvalue weighted by atomic mass is 10.1. The molecule has 0 N–H and O–H groups in total. The Morgan fingerprint density at radius 2 is 2.16 bits per heavy atom. The molecule has 0 fully saturated rings. The number of aryl methyl sites for hydroxylation is 1. The number of hydrogen-bond donors (Lipinski definition) is 0. The Morgan fingerprint density at radius 1 is 1.32 bits per heavy atom. The van der Waals surface area contributed by atoms with Gasteiger partial charge >= 0.3 is 0 Å². The van der Waals surface area contributed by atoms with Gasteiger partial charge in [0.15, 0.2) is 0 Å². The molecule has 0 aliphatic heterocycles. The van der Waals surface area contributed by atoms with E-state index in [1.165, 1.54) is 0 Å². The van der Waals surface area contributed by atoms with Crippen LogP contribution in [0.3, 0.4) is 0 Å². The van der Waals surface area contributed by atoms with Gasteiger partial charge in [0.2, 0.25) is 0 Å². The molecule has 2 rings (SSSR count). The summed E-state index contributed by atoms with van der Waals surface area (Å²) in [4.78, 5) is 0. The monoisotopic (exact) mass is 281 g/mol. The zero-order valence-electron chi connectivity index (χ0n) is 11.0. The molecule has 19 heavy (non-hydrogen) atoms. The number of nitrogens with zero attached hydrogens (tertiary/aromatic N) is 3. The van der Waals surface area contributed by atoms with Crippen molar-refractivity contribution in [2.45, 2.75) is 13.7 Å². The fourth-order valence-electron chi connectivity index (χ4n) is 1.63. The molecule has 1 heterocycles. The average molecular weight is 282 g/mol. The summed E-state index contributed by atoms with van der Waals surface area (Å²) in [6.07, 6.45) is 1.81. The van der Waals surface area contributed by atoms with Crippen molar-refractivity contribution in [1.82, 2.24) is 15.0 Å². The van der Waals surface area contributed by atoms with E-state index in [1.807, 2.05) is 31.3 Å². The Labute approximate surface area is 117 Å². The quantitative estimate of drug-likeness (QED) is 0.764. The van der Waals surface area contributed by atoms with Crippen molar-refractivity contribution in [3.63, 3.8) is 0 Å². The molecule has 2 aromatic rings. The van der Waals surface area contributed by atoms with Gasteiger partial charge in [0, 0.05) is 12.7 Å². The van der Waals surface area contributed by atoms with Crippen molar-refractivity contribution in [1.29, 1.82) is 0 Å². The SMILES string of the molecule is COCCOCn1cc(-c2cccc(C)c2Cl)nn1. The summed E-state index contributed by atoms with van der Waals surface area (Å²) >= 11 is 6.26. The highest BCUT2D eigenvalue weighted by molar-refractivity contribution is 6.34. The summed E-state index contributed by atoms with van der Waals surface area (Å²) < 4.78 is 11.9. The van der Waals surface area contributed by atoms with E-state index in [0.29, 0.717) is 25.0 Å². The third kappa shape index (κ3) is 3.53. The normalized spacial score (nSPS) is 10.9. The van der Waals surface area contributed by atoms with Crippen LogP contribution in [-0.2, 0) is 16.2 Å². The molecule has 0 unspecified atom stereocenters. The fourth-order valence-corrected chi connectivity index (χ4v) is 1.85. The molecule has 0 radical (unpaired) electrons. The van der Waals surface area contributed by atoms with Gasteiger partial charge in [0.05, 0.1) is 24.4 Å². The van der Waals surface area contributed by atoms with E-state index < -0.39 is 0 Å². The zero-order valence-corrected chi connectivity index (χ0v) is 11.7. The van der Waals surface area contributed by atoms with Crippen LogP contribution < -0.4 is 0 Å². The van der Waals surface area contributed by atoms with Gasteiger partial charge in [-0.3, -0.25) is 0 Å². The van der Waals surface area contributed by atoms with Gasteiger partial charge in [-0.15, -0.1) is 5.10 Å². The topological polar surface area (TPSA) is 49.2 Å². The van der Waals surface area contributed by atoms with Crippen molar-refractivity contribution >= 4 is 11.6 Å². The van der Waals surface area contributed by atoms with Crippen molar-refractivity contribution in [2.24, 2.45) is 0 Å². The Hall–Kier alpha value is -1.43. The van der Waals surface area contributed by atoms with Crippen LogP contribution in [0.5, 0.6) is 0 Å². The predicted octanol–water partition coefficient (Wildman–Crippen LogP) is 2.53. The van der Waals surface area contributed by atoms with Crippen LogP contribution in [0, 0.1) is 6.92 Å². The largest absolute Gasteiger partial charge is 0.382 e. The minimum Gasteiger partial charge on any atom is -0.382 e. The maximum absolute atomic E-state index is 6.26. The van der Waals surface area contributed by atoms with E-state index >= 15 is 0 Å². The molecule has 1 aromatic heterocycles. The second kappa shape index (κ2) is 6.65.